The lowest BCUT2D eigenvalue weighted by atomic mass is 10.3. The lowest BCUT2D eigenvalue weighted by molar-refractivity contribution is 0.298. The summed E-state index contributed by atoms with van der Waals surface area (Å²) in [4.78, 5) is 17.7. The minimum Gasteiger partial charge on any atom is -0.340 e. The first kappa shape index (κ1) is 8.10. The molecule has 0 aliphatic carbocycles. The van der Waals surface area contributed by atoms with Crippen molar-refractivity contribution in [3.63, 3.8) is 0 Å². The molecule has 1 aromatic rings. The van der Waals surface area contributed by atoms with E-state index in [2.05, 4.69) is 15.1 Å². The smallest absolute Gasteiger partial charge is 0.240 e. The second-order valence-corrected chi connectivity index (χ2v) is 1.88. The molecular formula is C7H5N3O2. The molecule has 0 aliphatic rings. The van der Waals surface area contributed by atoms with E-state index in [0.717, 1.165) is 0 Å². The van der Waals surface area contributed by atoms with E-state index in [1.54, 1.807) is 24.3 Å². The van der Waals surface area contributed by atoms with Crippen LogP contribution in [-0.2, 0) is 4.79 Å². The van der Waals surface area contributed by atoms with Crippen LogP contribution in [0.25, 0.3) is 0 Å². The number of aliphatic imine (C=N–C) groups is 1. The van der Waals surface area contributed by atoms with Crippen molar-refractivity contribution >= 4 is 11.8 Å². The van der Waals surface area contributed by atoms with Crippen LogP contribution >= 0.6 is 0 Å². The molecule has 0 unspecified atom stereocenters. The Morgan fingerprint density at radius 3 is 2.50 bits per heavy atom. The first-order chi connectivity index (χ1) is 5.86. The number of nitrogens with zero attached hydrogens (tertiary/aromatic N) is 2. The third kappa shape index (κ3) is 2.00. The number of rotatable bonds is 3. The SMILES string of the molecule is N=NOc1ccc(N=C=O)cc1. The fourth-order valence-electron chi connectivity index (χ4n) is 0.687. The highest BCUT2D eigenvalue weighted by atomic mass is 16.6. The monoisotopic (exact) mass is 163 g/mol. The Morgan fingerprint density at radius 1 is 1.33 bits per heavy atom. The molecule has 0 saturated heterocycles. The predicted octanol–water partition coefficient (Wildman–Crippen LogP) is 1.98. The second kappa shape index (κ2) is 4.00. The number of hydrogen-bond acceptors (Lipinski definition) is 5. The Labute approximate surface area is 68.2 Å². The van der Waals surface area contributed by atoms with Crippen LogP contribution in [0.15, 0.2) is 34.5 Å². The average Bonchev–Trinajstić information content (AvgIpc) is 2.09. The first-order valence-corrected chi connectivity index (χ1v) is 3.08. The highest BCUT2D eigenvalue weighted by Gasteiger charge is 1.92. The quantitative estimate of drug-likeness (QED) is 0.320. The molecular weight excluding hydrogens is 158 g/mol. The lowest BCUT2D eigenvalue weighted by Gasteiger charge is -1.94. The van der Waals surface area contributed by atoms with E-state index in [1.807, 2.05) is 0 Å². The van der Waals surface area contributed by atoms with Gasteiger partial charge in [-0.05, 0) is 24.3 Å². The van der Waals surface area contributed by atoms with Gasteiger partial charge in [-0.1, -0.05) is 0 Å². The Balaban J connectivity index is 2.84. The van der Waals surface area contributed by atoms with Crippen molar-refractivity contribution in [2.24, 2.45) is 10.3 Å². The Kier molecular flexibility index (Phi) is 2.70. The van der Waals surface area contributed by atoms with E-state index in [0.29, 0.717) is 11.4 Å². The molecule has 5 heteroatoms. The number of hydrogen-bond donors (Lipinski definition) is 1. The van der Waals surface area contributed by atoms with Gasteiger partial charge in [0.1, 0.15) is 0 Å². The molecule has 5 nitrogen and oxygen atoms in total. The molecule has 1 rings (SSSR count). The van der Waals surface area contributed by atoms with Gasteiger partial charge in [-0.3, -0.25) is 0 Å². The maximum absolute atomic E-state index is 9.81. The van der Waals surface area contributed by atoms with Crippen LogP contribution in [0.2, 0.25) is 0 Å². The second-order valence-electron chi connectivity index (χ2n) is 1.88. The van der Waals surface area contributed by atoms with Gasteiger partial charge in [0.2, 0.25) is 6.08 Å². The fourth-order valence-corrected chi connectivity index (χ4v) is 0.687. The highest BCUT2D eigenvalue weighted by Crippen LogP contribution is 2.17. The maximum Gasteiger partial charge on any atom is 0.240 e. The summed E-state index contributed by atoms with van der Waals surface area (Å²) in [6.07, 6.45) is 1.41. The molecule has 0 atom stereocenters. The molecule has 0 aromatic heterocycles. The van der Waals surface area contributed by atoms with Crippen molar-refractivity contribution in [3.8, 4) is 5.75 Å². The van der Waals surface area contributed by atoms with Gasteiger partial charge in [0, 0.05) is 5.28 Å². The molecule has 0 saturated carbocycles. The van der Waals surface area contributed by atoms with E-state index in [4.69, 9.17) is 5.53 Å². The topological polar surface area (TPSA) is 74.9 Å². The van der Waals surface area contributed by atoms with Crippen molar-refractivity contribution in [1.29, 1.82) is 5.53 Å². The van der Waals surface area contributed by atoms with E-state index in [9.17, 15) is 4.79 Å². The summed E-state index contributed by atoms with van der Waals surface area (Å²) >= 11 is 0. The van der Waals surface area contributed by atoms with Crippen LogP contribution in [0.5, 0.6) is 5.75 Å². The summed E-state index contributed by atoms with van der Waals surface area (Å²) in [7, 11) is 0. The Bertz CT molecular complexity index is 314. The minimum absolute atomic E-state index is 0.426. The van der Waals surface area contributed by atoms with Crippen LogP contribution in [-0.4, -0.2) is 6.08 Å². The van der Waals surface area contributed by atoms with Crippen molar-refractivity contribution < 1.29 is 9.63 Å². The molecule has 0 spiro atoms. The largest absolute Gasteiger partial charge is 0.340 e. The number of benzene rings is 1. The van der Waals surface area contributed by atoms with Gasteiger partial charge in [0.05, 0.1) is 5.69 Å². The summed E-state index contributed by atoms with van der Waals surface area (Å²) in [6, 6.07) is 6.22. The van der Waals surface area contributed by atoms with Gasteiger partial charge in [-0.2, -0.15) is 10.5 Å². The zero-order valence-electron chi connectivity index (χ0n) is 6.02. The zero-order chi connectivity index (χ0) is 8.81. The molecule has 0 amide bonds. The van der Waals surface area contributed by atoms with E-state index >= 15 is 0 Å². The van der Waals surface area contributed by atoms with Gasteiger partial charge < -0.3 is 4.84 Å². The normalized spacial score (nSPS) is 8.33. The molecule has 1 N–H and O–H groups in total. The summed E-state index contributed by atoms with van der Waals surface area (Å²) in [5.41, 5.74) is 6.88. The van der Waals surface area contributed by atoms with Gasteiger partial charge >= 0.3 is 0 Å². The van der Waals surface area contributed by atoms with Crippen molar-refractivity contribution in [2.45, 2.75) is 0 Å². The number of carbonyl (C=O) groups excluding carboxylic acids is 1. The van der Waals surface area contributed by atoms with Crippen molar-refractivity contribution in [2.75, 3.05) is 0 Å². The highest BCUT2D eigenvalue weighted by molar-refractivity contribution is 5.49. The minimum atomic E-state index is 0.426. The zero-order valence-corrected chi connectivity index (χ0v) is 6.02. The first-order valence-electron chi connectivity index (χ1n) is 3.08. The lowest BCUT2D eigenvalue weighted by Crippen LogP contribution is -1.77. The van der Waals surface area contributed by atoms with Crippen LogP contribution in [0, 0.1) is 5.53 Å². The van der Waals surface area contributed by atoms with E-state index < -0.39 is 0 Å². The molecule has 0 bridgehead atoms. The van der Waals surface area contributed by atoms with Gasteiger partial charge in [-0.15, -0.1) is 0 Å². The molecule has 0 heterocycles. The van der Waals surface area contributed by atoms with Gasteiger partial charge in [0.15, 0.2) is 5.75 Å². The van der Waals surface area contributed by atoms with Crippen LogP contribution < -0.4 is 4.84 Å². The number of isocyanates is 1. The third-order valence-corrected chi connectivity index (χ3v) is 1.16. The van der Waals surface area contributed by atoms with E-state index in [-0.39, 0.29) is 0 Å². The average molecular weight is 163 g/mol. The fraction of sp³-hybridized carbons (Fsp3) is 0. The number of nitrogens with one attached hydrogen (secondary N) is 1. The summed E-state index contributed by atoms with van der Waals surface area (Å²) < 4.78 is 0. The van der Waals surface area contributed by atoms with Crippen molar-refractivity contribution in [1.82, 2.24) is 0 Å². The van der Waals surface area contributed by atoms with Gasteiger partial charge in [-0.25, -0.2) is 4.79 Å². The Hall–Kier alpha value is -2.00. The van der Waals surface area contributed by atoms with Crippen LogP contribution in [0.1, 0.15) is 0 Å². The Morgan fingerprint density at radius 2 is 2.00 bits per heavy atom. The molecule has 12 heavy (non-hydrogen) atoms. The van der Waals surface area contributed by atoms with Crippen molar-refractivity contribution in [3.05, 3.63) is 24.3 Å². The molecule has 0 radical (unpaired) electrons. The maximum atomic E-state index is 9.81. The summed E-state index contributed by atoms with van der Waals surface area (Å²) in [5.74, 6) is 0.426. The van der Waals surface area contributed by atoms with Crippen LogP contribution in [0.3, 0.4) is 0 Å². The molecule has 0 aliphatic heterocycles. The van der Waals surface area contributed by atoms with Gasteiger partial charge in [0.25, 0.3) is 0 Å². The summed E-state index contributed by atoms with van der Waals surface area (Å²) in [5, 5.41) is 2.72. The standard InChI is InChI=1S/C7H5N3O2/c8-10-12-7-3-1-6(2-4-7)9-5-11/h1-4,8H. The predicted molar refractivity (Wildman–Crippen MR) is 40.0 cm³/mol. The molecule has 0 fully saturated rings. The molecule has 1 aromatic carbocycles. The van der Waals surface area contributed by atoms with E-state index in [1.165, 1.54) is 6.08 Å². The van der Waals surface area contributed by atoms with Crippen LogP contribution in [0.4, 0.5) is 5.69 Å². The third-order valence-electron chi connectivity index (χ3n) is 1.16. The summed E-state index contributed by atoms with van der Waals surface area (Å²) in [6.45, 7) is 0. The molecule has 60 valence electrons.